The Hall–Kier alpha value is -0.690. The van der Waals surface area contributed by atoms with Gasteiger partial charge in [0, 0.05) is 23.0 Å². The number of halogens is 2. The number of rotatable bonds is 3. The normalized spacial score (nSPS) is 14.5. The minimum Gasteiger partial charge on any atom is -0.372 e. The van der Waals surface area contributed by atoms with Crippen molar-refractivity contribution in [3.05, 3.63) is 38.0 Å². The number of hydrogen-bond donors (Lipinski definition) is 1. The first-order chi connectivity index (χ1) is 9.20. The Kier molecular flexibility index (Phi) is 3.75. The third kappa shape index (κ3) is 2.63. The van der Waals surface area contributed by atoms with E-state index >= 15 is 0 Å². The minimum atomic E-state index is 0.614. The lowest BCUT2D eigenvalue weighted by molar-refractivity contribution is 0.978. The fourth-order valence-corrected chi connectivity index (χ4v) is 3.43. The summed E-state index contributed by atoms with van der Waals surface area (Å²) in [6.07, 6.45) is 2.48. The second-order valence-corrected chi connectivity index (χ2v) is 6.53. The number of nitrogens with zero attached hydrogens (tertiary/aromatic N) is 2. The molecule has 0 atom stereocenters. The van der Waals surface area contributed by atoms with Gasteiger partial charge in [-0.05, 0) is 41.5 Å². The lowest BCUT2D eigenvalue weighted by atomic mass is 10.2. The van der Waals surface area contributed by atoms with Crippen molar-refractivity contribution in [1.29, 1.82) is 0 Å². The average Bonchev–Trinajstić information content (AvgIpc) is 3.24. The van der Waals surface area contributed by atoms with Crippen molar-refractivity contribution in [2.45, 2.75) is 18.8 Å². The molecule has 0 saturated heterocycles. The molecule has 1 fully saturated rings. The number of aromatic nitrogens is 2. The molecule has 1 aromatic heterocycles. The zero-order chi connectivity index (χ0) is 13.4. The maximum absolute atomic E-state index is 4.79. The van der Waals surface area contributed by atoms with E-state index < -0.39 is 0 Å². The molecule has 1 aliphatic rings. The Bertz CT molecular complexity index is 626. The molecule has 0 bridgehead atoms. The molecule has 0 radical (unpaired) electrons. The molecule has 3 rings (SSSR count). The fourth-order valence-electron chi connectivity index (χ4n) is 2.02. The van der Waals surface area contributed by atoms with E-state index in [-0.39, 0.29) is 0 Å². The van der Waals surface area contributed by atoms with Gasteiger partial charge in [-0.1, -0.05) is 34.1 Å². The molecule has 0 amide bonds. The molecule has 1 aliphatic carbocycles. The second kappa shape index (κ2) is 5.36. The monoisotopic (exact) mass is 429 g/mol. The molecule has 2 aromatic rings. The van der Waals surface area contributed by atoms with Crippen LogP contribution < -0.4 is 5.32 Å². The molecule has 1 heterocycles. The highest BCUT2D eigenvalue weighted by Gasteiger charge is 2.29. The first-order valence-electron chi connectivity index (χ1n) is 6.20. The van der Waals surface area contributed by atoms with Crippen molar-refractivity contribution < 1.29 is 0 Å². The molecule has 3 nitrogen and oxygen atoms in total. The van der Waals surface area contributed by atoms with Gasteiger partial charge in [0.2, 0.25) is 0 Å². The summed E-state index contributed by atoms with van der Waals surface area (Å²) in [5.41, 5.74) is 2.23. The molecule has 0 spiro atoms. The summed E-state index contributed by atoms with van der Waals surface area (Å²) in [5, 5.41) is 3.17. The van der Waals surface area contributed by atoms with Crippen molar-refractivity contribution in [2.24, 2.45) is 0 Å². The van der Waals surface area contributed by atoms with Gasteiger partial charge in [0.25, 0.3) is 0 Å². The van der Waals surface area contributed by atoms with E-state index in [1.54, 1.807) is 0 Å². The van der Waals surface area contributed by atoms with Crippen LogP contribution in [0.1, 0.15) is 24.5 Å². The predicted octanol–water partition coefficient (Wildman–Crippen LogP) is 4.43. The molecule has 0 aliphatic heterocycles. The van der Waals surface area contributed by atoms with E-state index in [4.69, 9.17) is 4.98 Å². The maximum atomic E-state index is 4.79. The first-order valence-corrected chi connectivity index (χ1v) is 8.08. The van der Waals surface area contributed by atoms with Gasteiger partial charge in [0.15, 0.2) is 5.82 Å². The smallest absolute Gasteiger partial charge is 0.162 e. The Morgan fingerprint density at radius 3 is 2.63 bits per heavy atom. The Morgan fingerprint density at radius 2 is 2.00 bits per heavy atom. The lowest BCUT2D eigenvalue weighted by Gasteiger charge is -2.11. The summed E-state index contributed by atoms with van der Waals surface area (Å²) in [4.78, 5) is 9.42. The van der Waals surface area contributed by atoms with Crippen LogP contribution in [0, 0.1) is 3.57 Å². The number of benzene rings is 1. The molecule has 1 N–H and O–H groups in total. The van der Waals surface area contributed by atoms with Gasteiger partial charge in [-0.2, -0.15) is 0 Å². The maximum Gasteiger partial charge on any atom is 0.162 e. The average molecular weight is 430 g/mol. The van der Waals surface area contributed by atoms with Crippen molar-refractivity contribution >= 4 is 44.3 Å². The Balaban J connectivity index is 2.16. The standard InChI is InChI=1S/C14H13BrIN3/c1-17-14-11(16)12(8-6-7-8)18-13(19-14)9-4-2-3-5-10(9)15/h2-5,8H,6-7H2,1H3,(H,17,18,19). The molecular weight excluding hydrogens is 417 g/mol. The number of anilines is 1. The van der Waals surface area contributed by atoms with Crippen LogP contribution in [-0.4, -0.2) is 17.0 Å². The quantitative estimate of drug-likeness (QED) is 0.733. The second-order valence-electron chi connectivity index (χ2n) is 4.60. The summed E-state index contributed by atoms with van der Waals surface area (Å²) in [6.45, 7) is 0. The highest BCUT2D eigenvalue weighted by atomic mass is 127. The van der Waals surface area contributed by atoms with Crippen LogP contribution in [0.5, 0.6) is 0 Å². The Morgan fingerprint density at radius 1 is 1.26 bits per heavy atom. The van der Waals surface area contributed by atoms with Crippen molar-refractivity contribution in [1.82, 2.24) is 9.97 Å². The van der Waals surface area contributed by atoms with Crippen molar-refractivity contribution in [2.75, 3.05) is 12.4 Å². The van der Waals surface area contributed by atoms with Gasteiger partial charge >= 0.3 is 0 Å². The van der Waals surface area contributed by atoms with Crippen LogP contribution in [0.15, 0.2) is 28.7 Å². The van der Waals surface area contributed by atoms with E-state index in [1.807, 2.05) is 31.3 Å². The zero-order valence-electron chi connectivity index (χ0n) is 10.5. The Labute approximate surface area is 134 Å². The van der Waals surface area contributed by atoms with E-state index in [2.05, 4.69) is 48.8 Å². The third-order valence-electron chi connectivity index (χ3n) is 3.19. The third-order valence-corrected chi connectivity index (χ3v) is 4.95. The molecule has 98 valence electrons. The highest BCUT2D eigenvalue weighted by molar-refractivity contribution is 14.1. The molecule has 5 heteroatoms. The van der Waals surface area contributed by atoms with E-state index in [1.165, 1.54) is 18.5 Å². The summed E-state index contributed by atoms with van der Waals surface area (Å²) < 4.78 is 2.18. The van der Waals surface area contributed by atoms with Gasteiger partial charge in [-0.15, -0.1) is 0 Å². The van der Waals surface area contributed by atoms with Crippen molar-refractivity contribution in [3.8, 4) is 11.4 Å². The van der Waals surface area contributed by atoms with Crippen LogP contribution in [0.2, 0.25) is 0 Å². The van der Waals surface area contributed by atoms with Gasteiger partial charge in [0.05, 0.1) is 9.26 Å². The number of nitrogens with one attached hydrogen (secondary N) is 1. The first kappa shape index (κ1) is 13.3. The predicted molar refractivity (Wildman–Crippen MR) is 89.4 cm³/mol. The van der Waals surface area contributed by atoms with Crippen LogP contribution >= 0.6 is 38.5 Å². The van der Waals surface area contributed by atoms with Crippen LogP contribution in [-0.2, 0) is 0 Å². The lowest BCUT2D eigenvalue weighted by Crippen LogP contribution is -2.04. The number of hydrogen-bond acceptors (Lipinski definition) is 3. The van der Waals surface area contributed by atoms with Gasteiger partial charge in [-0.25, -0.2) is 9.97 Å². The summed E-state index contributed by atoms with van der Waals surface area (Å²) in [7, 11) is 1.91. The van der Waals surface area contributed by atoms with E-state index in [0.29, 0.717) is 5.92 Å². The molecule has 1 saturated carbocycles. The highest BCUT2D eigenvalue weighted by Crippen LogP contribution is 2.43. The largest absolute Gasteiger partial charge is 0.372 e. The molecule has 1 aromatic carbocycles. The van der Waals surface area contributed by atoms with Gasteiger partial charge in [-0.3, -0.25) is 0 Å². The topological polar surface area (TPSA) is 37.8 Å². The molecule has 0 unspecified atom stereocenters. The minimum absolute atomic E-state index is 0.614. The zero-order valence-corrected chi connectivity index (χ0v) is 14.2. The summed E-state index contributed by atoms with van der Waals surface area (Å²) in [6, 6.07) is 8.08. The van der Waals surface area contributed by atoms with E-state index in [0.717, 1.165) is 25.2 Å². The van der Waals surface area contributed by atoms with Crippen LogP contribution in [0.25, 0.3) is 11.4 Å². The van der Waals surface area contributed by atoms with Gasteiger partial charge in [0.1, 0.15) is 5.82 Å². The van der Waals surface area contributed by atoms with E-state index in [9.17, 15) is 0 Å². The fraction of sp³-hybridized carbons (Fsp3) is 0.286. The van der Waals surface area contributed by atoms with Crippen molar-refractivity contribution in [3.63, 3.8) is 0 Å². The van der Waals surface area contributed by atoms with Crippen LogP contribution in [0.4, 0.5) is 5.82 Å². The SMILES string of the molecule is CNc1nc(-c2ccccc2Br)nc(C2CC2)c1I. The summed E-state index contributed by atoms with van der Waals surface area (Å²) >= 11 is 5.91. The van der Waals surface area contributed by atoms with Crippen LogP contribution in [0.3, 0.4) is 0 Å². The van der Waals surface area contributed by atoms with Gasteiger partial charge < -0.3 is 5.32 Å². The molecular formula is C14H13BrIN3. The summed E-state index contributed by atoms with van der Waals surface area (Å²) in [5.74, 6) is 2.32. The molecule has 19 heavy (non-hydrogen) atoms.